The number of para-hydroxylation sites is 1. The van der Waals surface area contributed by atoms with Gasteiger partial charge in [-0.3, -0.25) is 4.79 Å². The van der Waals surface area contributed by atoms with Gasteiger partial charge in [0.05, 0.1) is 0 Å². The number of hydrogen-bond donors (Lipinski definition) is 1. The number of carbonyl (C=O) groups is 1. The molecule has 1 aromatic carbocycles. The minimum absolute atomic E-state index is 0.0585. The van der Waals surface area contributed by atoms with E-state index in [1.165, 1.54) is 0 Å². The Labute approximate surface area is 112 Å². The molecule has 19 heavy (non-hydrogen) atoms. The van der Waals surface area contributed by atoms with Gasteiger partial charge in [-0.05, 0) is 12.5 Å². The molecule has 1 aliphatic carbocycles. The molecule has 0 bridgehead atoms. The summed E-state index contributed by atoms with van der Waals surface area (Å²) in [7, 11) is 0. The highest BCUT2D eigenvalue weighted by atomic mass is 16.5. The number of aliphatic hydroxyl groups is 1. The van der Waals surface area contributed by atoms with Gasteiger partial charge in [0.15, 0.2) is 6.10 Å². The van der Waals surface area contributed by atoms with E-state index in [-0.39, 0.29) is 17.5 Å². The van der Waals surface area contributed by atoms with Gasteiger partial charge in [-0.2, -0.15) is 0 Å². The fraction of sp³-hybridized carbons (Fsp3) is 0.438. The zero-order valence-corrected chi connectivity index (χ0v) is 11.4. The first-order chi connectivity index (χ1) is 8.89. The van der Waals surface area contributed by atoms with Crippen LogP contribution < -0.4 is 4.74 Å². The molecule has 2 aliphatic rings. The first-order valence-corrected chi connectivity index (χ1v) is 6.62. The lowest BCUT2D eigenvalue weighted by molar-refractivity contribution is -0.120. The summed E-state index contributed by atoms with van der Waals surface area (Å²) >= 11 is 0. The Hall–Kier alpha value is -1.77. The van der Waals surface area contributed by atoms with Crippen molar-refractivity contribution < 1.29 is 14.6 Å². The summed E-state index contributed by atoms with van der Waals surface area (Å²) in [6.07, 6.45) is 0.126. The van der Waals surface area contributed by atoms with E-state index in [2.05, 4.69) is 0 Å². The largest absolute Gasteiger partial charge is 0.511 e. The van der Waals surface area contributed by atoms with Gasteiger partial charge < -0.3 is 9.84 Å². The van der Waals surface area contributed by atoms with Crippen molar-refractivity contribution in [1.29, 1.82) is 0 Å². The predicted octanol–water partition coefficient (Wildman–Crippen LogP) is 3.36. The van der Waals surface area contributed by atoms with E-state index >= 15 is 0 Å². The van der Waals surface area contributed by atoms with Gasteiger partial charge in [-0.25, -0.2) is 0 Å². The zero-order chi connectivity index (χ0) is 13.8. The van der Waals surface area contributed by atoms with Gasteiger partial charge >= 0.3 is 0 Å². The third-order valence-corrected chi connectivity index (χ3v) is 3.91. The number of Topliss-reactive ketones (excluding diaryl/α,β-unsaturated/α-hetero) is 1. The van der Waals surface area contributed by atoms with Crippen molar-refractivity contribution in [2.24, 2.45) is 5.41 Å². The summed E-state index contributed by atoms with van der Waals surface area (Å²) in [5, 5.41) is 10.3. The Morgan fingerprint density at radius 1 is 1.32 bits per heavy atom. The predicted molar refractivity (Wildman–Crippen MR) is 72.3 cm³/mol. The van der Waals surface area contributed by atoms with Crippen molar-refractivity contribution in [3.05, 3.63) is 41.2 Å². The smallest absolute Gasteiger partial charge is 0.203 e. The van der Waals surface area contributed by atoms with Crippen LogP contribution in [0.15, 0.2) is 35.6 Å². The minimum Gasteiger partial charge on any atom is -0.511 e. The average molecular weight is 258 g/mol. The van der Waals surface area contributed by atoms with E-state index in [4.69, 9.17) is 4.74 Å². The number of aliphatic hydroxyl groups excluding tert-OH is 1. The van der Waals surface area contributed by atoms with Crippen molar-refractivity contribution in [3.8, 4) is 5.75 Å². The molecule has 0 aromatic heterocycles. The first kappa shape index (κ1) is 12.3. The highest BCUT2D eigenvalue weighted by molar-refractivity contribution is 6.03. The summed E-state index contributed by atoms with van der Waals surface area (Å²) in [6.45, 7) is 5.72. The van der Waals surface area contributed by atoms with Crippen LogP contribution in [0, 0.1) is 5.41 Å². The molecule has 1 aromatic rings. The van der Waals surface area contributed by atoms with Crippen LogP contribution in [0.1, 0.15) is 38.7 Å². The van der Waals surface area contributed by atoms with Gasteiger partial charge in [0.2, 0.25) is 5.78 Å². The molecule has 0 unspecified atom stereocenters. The summed E-state index contributed by atoms with van der Waals surface area (Å²) in [5.74, 6) is 1.00. The molecule has 1 fully saturated rings. The van der Waals surface area contributed by atoms with Gasteiger partial charge in [-0.1, -0.05) is 39.0 Å². The molecule has 1 heterocycles. The van der Waals surface area contributed by atoms with Crippen molar-refractivity contribution in [2.45, 2.75) is 39.2 Å². The van der Waals surface area contributed by atoms with Crippen molar-refractivity contribution in [3.63, 3.8) is 0 Å². The Morgan fingerprint density at radius 2 is 2.00 bits per heavy atom. The maximum Gasteiger partial charge on any atom is 0.203 e. The number of carbonyl (C=O) groups excluding carboxylic acids is 1. The molecule has 0 saturated heterocycles. The highest BCUT2D eigenvalue weighted by Gasteiger charge is 2.48. The van der Waals surface area contributed by atoms with Crippen LogP contribution in [-0.4, -0.2) is 17.0 Å². The average Bonchev–Trinajstić information content (AvgIpc) is 2.85. The fourth-order valence-corrected chi connectivity index (χ4v) is 2.89. The van der Waals surface area contributed by atoms with Crippen LogP contribution in [0.2, 0.25) is 0 Å². The SMILES string of the molecule is CC(C)(C)/C(O)=C1\C[C@@H]2c3ccccc3O[C@@H]2C1=O. The molecule has 0 amide bonds. The van der Waals surface area contributed by atoms with Crippen LogP contribution in [0.25, 0.3) is 0 Å². The molecule has 3 rings (SSSR count). The number of allylic oxidation sites excluding steroid dienone is 1. The van der Waals surface area contributed by atoms with Crippen molar-refractivity contribution >= 4 is 5.78 Å². The van der Waals surface area contributed by atoms with E-state index < -0.39 is 11.5 Å². The Balaban J connectivity index is 2.02. The molecule has 3 nitrogen and oxygen atoms in total. The maximum atomic E-state index is 12.4. The summed E-state index contributed by atoms with van der Waals surface area (Å²) in [4.78, 5) is 12.4. The molecule has 1 aliphatic heterocycles. The summed E-state index contributed by atoms with van der Waals surface area (Å²) in [5.41, 5.74) is 1.22. The van der Waals surface area contributed by atoms with E-state index in [1.807, 2.05) is 45.0 Å². The molecule has 1 N–H and O–H groups in total. The lowest BCUT2D eigenvalue weighted by Crippen LogP contribution is -2.23. The number of hydrogen-bond acceptors (Lipinski definition) is 3. The van der Waals surface area contributed by atoms with Crippen LogP contribution in [0.5, 0.6) is 5.75 Å². The summed E-state index contributed by atoms with van der Waals surface area (Å²) in [6, 6.07) is 7.77. The van der Waals surface area contributed by atoms with Crippen molar-refractivity contribution in [2.75, 3.05) is 0 Å². The molecule has 3 heteroatoms. The standard InChI is InChI=1S/C16H18O3/c1-16(2,3)15(18)11-8-10-9-6-4-5-7-12(9)19-14(10)13(11)17/h4-7,10,14,18H,8H2,1-3H3/b15-11-/t10-,14+/m1/s1. The number of ether oxygens (including phenoxy) is 1. The second kappa shape index (κ2) is 3.86. The maximum absolute atomic E-state index is 12.4. The second-order valence-corrected chi connectivity index (χ2v) is 6.33. The number of ketones is 1. The quantitative estimate of drug-likeness (QED) is 0.573. The zero-order valence-electron chi connectivity index (χ0n) is 11.4. The molecule has 100 valence electrons. The molecular weight excluding hydrogens is 240 g/mol. The second-order valence-electron chi connectivity index (χ2n) is 6.33. The molecule has 0 spiro atoms. The van der Waals surface area contributed by atoms with Crippen LogP contribution >= 0.6 is 0 Å². The van der Waals surface area contributed by atoms with E-state index in [0.717, 1.165) is 11.3 Å². The molecule has 0 radical (unpaired) electrons. The van der Waals surface area contributed by atoms with Gasteiger partial charge in [0.25, 0.3) is 0 Å². The molecule has 1 saturated carbocycles. The van der Waals surface area contributed by atoms with E-state index in [0.29, 0.717) is 12.0 Å². The first-order valence-electron chi connectivity index (χ1n) is 6.62. The third-order valence-electron chi connectivity index (χ3n) is 3.91. The highest BCUT2D eigenvalue weighted by Crippen LogP contribution is 2.48. The van der Waals surface area contributed by atoms with Crippen LogP contribution in [0.3, 0.4) is 0 Å². The molecule has 2 atom stereocenters. The number of rotatable bonds is 0. The van der Waals surface area contributed by atoms with Gasteiger partial charge in [0, 0.05) is 22.5 Å². The Morgan fingerprint density at radius 3 is 2.68 bits per heavy atom. The number of fused-ring (bicyclic) bond motifs is 3. The van der Waals surface area contributed by atoms with Gasteiger partial charge in [-0.15, -0.1) is 0 Å². The van der Waals surface area contributed by atoms with E-state index in [1.54, 1.807) is 0 Å². The van der Waals surface area contributed by atoms with Gasteiger partial charge in [0.1, 0.15) is 11.5 Å². The van der Waals surface area contributed by atoms with E-state index in [9.17, 15) is 9.90 Å². The van der Waals surface area contributed by atoms with Crippen molar-refractivity contribution in [1.82, 2.24) is 0 Å². The number of benzene rings is 1. The normalized spacial score (nSPS) is 27.8. The summed E-state index contributed by atoms with van der Waals surface area (Å²) < 4.78 is 5.74. The lowest BCUT2D eigenvalue weighted by Gasteiger charge is -2.19. The topological polar surface area (TPSA) is 46.5 Å². The van der Waals surface area contributed by atoms with Crippen LogP contribution in [0.4, 0.5) is 0 Å². The monoisotopic (exact) mass is 258 g/mol. The Bertz CT molecular complexity index is 578. The fourth-order valence-electron chi connectivity index (χ4n) is 2.89. The van der Waals surface area contributed by atoms with Crippen LogP contribution in [-0.2, 0) is 4.79 Å². The third kappa shape index (κ3) is 1.76. The minimum atomic E-state index is -0.447. The molecular formula is C16H18O3. The lowest BCUT2D eigenvalue weighted by atomic mass is 9.89. The Kier molecular flexibility index (Phi) is 2.49.